The predicted molar refractivity (Wildman–Crippen MR) is 51.3 cm³/mol. The van der Waals surface area contributed by atoms with E-state index in [1.807, 2.05) is 0 Å². The first-order valence-corrected chi connectivity index (χ1v) is 4.32. The molecule has 1 aromatic rings. The maximum Gasteiger partial charge on any atom is 0.416 e. The molecule has 0 aliphatic carbocycles. The molecule has 0 saturated carbocycles. The SMILES string of the molecule is O=C(Cl)C=Cc1cccc(C(F)(F)F)c1. The van der Waals surface area contributed by atoms with Crippen LogP contribution in [0.15, 0.2) is 30.3 Å². The number of carbonyl (C=O) groups is 1. The van der Waals surface area contributed by atoms with E-state index in [0.717, 1.165) is 18.2 Å². The summed E-state index contributed by atoms with van der Waals surface area (Å²) in [6.07, 6.45) is -2.16. The molecule has 0 amide bonds. The van der Waals surface area contributed by atoms with Gasteiger partial charge in [0, 0.05) is 0 Å². The number of alkyl halides is 3. The molecule has 0 heterocycles. The molecule has 0 fully saturated rings. The van der Waals surface area contributed by atoms with E-state index in [1.165, 1.54) is 18.2 Å². The normalized spacial score (nSPS) is 12.0. The van der Waals surface area contributed by atoms with Crippen molar-refractivity contribution in [2.75, 3.05) is 0 Å². The summed E-state index contributed by atoms with van der Waals surface area (Å²) in [5.41, 5.74) is -0.481. The molecule has 0 aliphatic heterocycles. The van der Waals surface area contributed by atoms with Gasteiger partial charge in [0.2, 0.25) is 5.24 Å². The minimum absolute atomic E-state index is 0.277. The van der Waals surface area contributed by atoms with Crippen LogP contribution in [0.1, 0.15) is 11.1 Å². The van der Waals surface area contributed by atoms with Crippen LogP contribution in [-0.2, 0) is 11.0 Å². The molecule has 1 aromatic carbocycles. The molecule has 80 valence electrons. The minimum atomic E-state index is -4.38. The van der Waals surface area contributed by atoms with Crippen LogP contribution in [0, 0.1) is 0 Å². The van der Waals surface area contributed by atoms with Gasteiger partial charge >= 0.3 is 6.18 Å². The zero-order valence-corrected chi connectivity index (χ0v) is 8.14. The molecule has 0 aliphatic rings. The number of carbonyl (C=O) groups excluding carboxylic acids is 1. The van der Waals surface area contributed by atoms with Crippen molar-refractivity contribution in [2.24, 2.45) is 0 Å². The summed E-state index contributed by atoms with van der Waals surface area (Å²) in [6.45, 7) is 0. The number of hydrogen-bond acceptors (Lipinski definition) is 1. The maximum absolute atomic E-state index is 12.2. The molecule has 1 rings (SSSR count). The largest absolute Gasteiger partial charge is 0.416 e. The maximum atomic E-state index is 12.2. The van der Waals surface area contributed by atoms with Crippen LogP contribution in [0.3, 0.4) is 0 Å². The highest BCUT2D eigenvalue weighted by molar-refractivity contribution is 6.66. The summed E-state index contributed by atoms with van der Waals surface area (Å²) in [7, 11) is 0. The van der Waals surface area contributed by atoms with E-state index in [9.17, 15) is 18.0 Å². The highest BCUT2D eigenvalue weighted by Gasteiger charge is 2.30. The molecule has 1 nitrogen and oxygen atoms in total. The van der Waals surface area contributed by atoms with Gasteiger partial charge in [0.05, 0.1) is 5.56 Å². The Morgan fingerprint density at radius 2 is 2.00 bits per heavy atom. The van der Waals surface area contributed by atoms with Crippen LogP contribution >= 0.6 is 11.6 Å². The van der Waals surface area contributed by atoms with Crippen molar-refractivity contribution < 1.29 is 18.0 Å². The van der Waals surface area contributed by atoms with Crippen LogP contribution in [0.25, 0.3) is 6.08 Å². The number of allylic oxidation sites excluding steroid dienone is 1. The minimum Gasteiger partial charge on any atom is -0.276 e. The summed E-state index contributed by atoms with van der Waals surface area (Å²) in [4.78, 5) is 10.4. The van der Waals surface area contributed by atoms with Gasteiger partial charge in [0.15, 0.2) is 0 Å². The van der Waals surface area contributed by atoms with Gasteiger partial charge in [-0.05, 0) is 35.4 Å². The molecule has 0 saturated heterocycles. The van der Waals surface area contributed by atoms with Crippen molar-refractivity contribution in [3.05, 3.63) is 41.5 Å². The molecule has 0 unspecified atom stereocenters. The molecule has 0 bridgehead atoms. The van der Waals surface area contributed by atoms with Crippen molar-refractivity contribution in [3.63, 3.8) is 0 Å². The lowest BCUT2D eigenvalue weighted by Gasteiger charge is -2.06. The first kappa shape index (κ1) is 11.8. The Balaban J connectivity index is 2.98. The lowest BCUT2D eigenvalue weighted by Crippen LogP contribution is -2.04. The van der Waals surface area contributed by atoms with Crippen molar-refractivity contribution in [3.8, 4) is 0 Å². The third-order valence-electron chi connectivity index (χ3n) is 1.62. The van der Waals surface area contributed by atoms with Crippen LogP contribution < -0.4 is 0 Å². The molecule has 0 aromatic heterocycles. The fraction of sp³-hybridized carbons (Fsp3) is 0.100. The highest BCUT2D eigenvalue weighted by Crippen LogP contribution is 2.29. The van der Waals surface area contributed by atoms with Gasteiger partial charge in [-0.3, -0.25) is 4.79 Å². The Hall–Kier alpha value is -1.29. The van der Waals surface area contributed by atoms with Crippen LogP contribution in [0.2, 0.25) is 0 Å². The van der Waals surface area contributed by atoms with Crippen LogP contribution in [0.5, 0.6) is 0 Å². The van der Waals surface area contributed by atoms with Gasteiger partial charge in [-0.15, -0.1) is 0 Å². The highest BCUT2D eigenvalue weighted by atomic mass is 35.5. The van der Waals surface area contributed by atoms with E-state index < -0.39 is 17.0 Å². The van der Waals surface area contributed by atoms with Gasteiger partial charge in [0.25, 0.3) is 0 Å². The molecule has 15 heavy (non-hydrogen) atoms. The fourth-order valence-corrected chi connectivity index (χ4v) is 1.04. The molecule has 0 radical (unpaired) electrons. The number of rotatable bonds is 2. The van der Waals surface area contributed by atoms with E-state index in [1.54, 1.807) is 0 Å². The summed E-state index contributed by atoms with van der Waals surface area (Å²) in [5, 5.41) is -0.729. The summed E-state index contributed by atoms with van der Waals surface area (Å²) >= 11 is 5.01. The van der Waals surface area contributed by atoms with Crippen LogP contribution in [0.4, 0.5) is 13.2 Å². The van der Waals surface area contributed by atoms with E-state index in [-0.39, 0.29) is 5.56 Å². The third kappa shape index (κ3) is 3.75. The number of halogens is 4. The second kappa shape index (κ2) is 4.49. The first-order chi connectivity index (χ1) is 6.89. The van der Waals surface area contributed by atoms with Crippen molar-refractivity contribution >= 4 is 22.9 Å². The topological polar surface area (TPSA) is 17.1 Å². The molecular formula is C10H6ClF3O. The van der Waals surface area contributed by atoms with Gasteiger partial charge in [-0.2, -0.15) is 13.2 Å². The lowest BCUT2D eigenvalue weighted by atomic mass is 10.1. The van der Waals surface area contributed by atoms with E-state index in [2.05, 4.69) is 0 Å². The smallest absolute Gasteiger partial charge is 0.276 e. The van der Waals surface area contributed by atoms with Crippen molar-refractivity contribution in [1.82, 2.24) is 0 Å². The third-order valence-corrected chi connectivity index (χ3v) is 1.75. The van der Waals surface area contributed by atoms with Crippen molar-refractivity contribution in [2.45, 2.75) is 6.18 Å². The average Bonchev–Trinajstić information content (AvgIpc) is 2.14. The van der Waals surface area contributed by atoms with Gasteiger partial charge in [-0.1, -0.05) is 18.2 Å². The zero-order chi connectivity index (χ0) is 11.5. The van der Waals surface area contributed by atoms with E-state index in [0.29, 0.717) is 0 Å². The quantitative estimate of drug-likeness (QED) is 0.566. The Kier molecular flexibility index (Phi) is 3.52. The van der Waals surface area contributed by atoms with Gasteiger partial charge in [0.1, 0.15) is 0 Å². The number of benzene rings is 1. The van der Waals surface area contributed by atoms with E-state index in [4.69, 9.17) is 11.6 Å². The Morgan fingerprint density at radius 3 is 2.53 bits per heavy atom. The predicted octanol–water partition coefficient (Wildman–Crippen LogP) is 3.48. The Morgan fingerprint density at radius 1 is 1.33 bits per heavy atom. The lowest BCUT2D eigenvalue weighted by molar-refractivity contribution is -0.137. The number of hydrogen-bond donors (Lipinski definition) is 0. The Labute approximate surface area is 89.2 Å². The van der Waals surface area contributed by atoms with E-state index >= 15 is 0 Å². The molecular weight excluding hydrogens is 229 g/mol. The second-order valence-corrected chi connectivity index (χ2v) is 3.13. The van der Waals surface area contributed by atoms with Gasteiger partial charge in [-0.25, -0.2) is 0 Å². The summed E-state index contributed by atoms with van der Waals surface area (Å²) in [5.74, 6) is 0. The van der Waals surface area contributed by atoms with Crippen LogP contribution in [-0.4, -0.2) is 5.24 Å². The second-order valence-electron chi connectivity index (χ2n) is 2.76. The first-order valence-electron chi connectivity index (χ1n) is 3.94. The average molecular weight is 235 g/mol. The van der Waals surface area contributed by atoms with Gasteiger partial charge < -0.3 is 0 Å². The van der Waals surface area contributed by atoms with Crippen molar-refractivity contribution in [1.29, 1.82) is 0 Å². The summed E-state index contributed by atoms with van der Waals surface area (Å²) < 4.78 is 36.7. The molecule has 0 N–H and O–H groups in total. The fourth-order valence-electron chi connectivity index (χ4n) is 0.980. The zero-order valence-electron chi connectivity index (χ0n) is 7.38. The molecule has 0 atom stereocenters. The standard InChI is InChI=1S/C10H6ClF3O/c11-9(15)5-4-7-2-1-3-8(6-7)10(12,13)14/h1-6H. The Bertz CT molecular complexity index is 396. The molecule has 0 spiro atoms. The summed E-state index contributed by atoms with van der Waals surface area (Å²) in [6, 6.07) is 4.61. The molecule has 5 heteroatoms. The monoisotopic (exact) mass is 234 g/mol.